The fourth-order valence-electron chi connectivity index (χ4n) is 1.50. The number of carbonyl (C=O) groups excluding carboxylic acids is 2. The molecule has 0 bridgehead atoms. The second-order valence-electron chi connectivity index (χ2n) is 5.19. The fourth-order valence-corrected chi connectivity index (χ4v) is 1.90. The number of primary amides is 2. The molecule has 2 aromatic rings. The summed E-state index contributed by atoms with van der Waals surface area (Å²) in [6.07, 6.45) is 1.01. The summed E-state index contributed by atoms with van der Waals surface area (Å²) in [5, 5.41) is 0. The monoisotopic (exact) mass is 542 g/mol. The maximum atomic E-state index is 10.6. The number of carbonyl (C=O) groups is 2. The van der Waals surface area contributed by atoms with Crippen molar-refractivity contribution in [2.45, 2.75) is 6.42 Å². The van der Waals surface area contributed by atoms with Gasteiger partial charge in [0.2, 0.25) is 5.91 Å². The summed E-state index contributed by atoms with van der Waals surface area (Å²) >= 11 is 9.47. The Hall–Kier alpha value is -1.21. The average molecular weight is 545 g/mol. The first-order valence-corrected chi connectivity index (χ1v) is 10.9. The van der Waals surface area contributed by atoms with Crippen LogP contribution in [-0.2, 0) is 13.7 Å². The molecule has 0 aliphatic heterocycles. The number of benzene rings is 2. The van der Waals surface area contributed by atoms with E-state index in [1.54, 1.807) is 42.5 Å². The maximum absolute atomic E-state index is 10.6. The van der Waals surface area contributed by atoms with Gasteiger partial charge >= 0.3 is 27.9 Å². The van der Waals surface area contributed by atoms with Crippen LogP contribution in [0.15, 0.2) is 53.0 Å². The number of amides is 2. The van der Waals surface area contributed by atoms with Crippen LogP contribution in [0, 0.1) is 13.0 Å². The molecule has 0 aliphatic rings. The molecular formula is C19H24Br2N3NiO2-2. The number of hydrogen-bond donors (Lipinski definition) is 2. The van der Waals surface area contributed by atoms with E-state index in [0.29, 0.717) is 11.1 Å². The third-order valence-corrected chi connectivity index (χ3v) is 3.20. The van der Waals surface area contributed by atoms with E-state index in [1.807, 2.05) is 20.2 Å². The van der Waals surface area contributed by atoms with Crippen molar-refractivity contribution in [3.05, 3.63) is 77.1 Å². The molecule has 0 heterocycles. The van der Waals surface area contributed by atoms with Crippen LogP contribution in [0.1, 0.15) is 27.1 Å². The first-order valence-electron chi connectivity index (χ1n) is 7.65. The molecular weight excluding hydrogens is 521 g/mol. The van der Waals surface area contributed by atoms with Gasteiger partial charge in [-0.05, 0) is 38.8 Å². The summed E-state index contributed by atoms with van der Waals surface area (Å²) < 4.78 is 0.865. The van der Waals surface area contributed by atoms with Crippen LogP contribution in [0.3, 0.4) is 0 Å². The van der Waals surface area contributed by atoms with Crippen molar-refractivity contribution in [2.75, 3.05) is 20.6 Å². The molecule has 27 heavy (non-hydrogen) atoms. The van der Waals surface area contributed by atoms with E-state index in [-0.39, 0.29) is 0 Å². The molecule has 0 aliphatic carbocycles. The standard InChI is InChI=1S/C7H6BrNO.C7H6NO.C5H12N.BrH.Ni/c8-6-3-1-2-5(4-6)7(9)10;8-7(9)6-4-2-1-3-5-6;1-4-5-6(2)3;;/h1-4H,(H2,9,10);1-2,4-5H,(H2,8,9);1,4-5H2,2-3H3;1H;/q;2*-1;;+1/p-1. The molecule has 4 N–H and O–H groups in total. The molecule has 2 rings (SSSR count). The van der Waals surface area contributed by atoms with Gasteiger partial charge in [0.25, 0.3) is 0 Å². The van der Waals surface area contributed by atoms with Gasteiger partial charge in [-0.1, -0.05) is 27.6 Å². The first kappa shape index (κ1) is 28.0. The number of rotatable bonds is 4. The minimum atomic E-state index is -0.410. The molecule has 0 spiro atoms. The van der Waals surface area contributed by atoms with Crippen LogP contribution in [0.5, 0.6) is 0 Å². The van der Waals surface area contributed by atoms with Crippen LogP contribution < -0.4 is 11.5 Å². The van der Waals surface area contributed by atoms with Crippen LogP contribution in [-0.4, -0.2) is 37.4 Å². The third kappa shape index (κ3) is 16.7. The molecule has 2 amide bonds. The van der Waals surface area contributed by atoms with Gasteiger partial charge in [0.05, 0.1) is 0 Å². The number of halogens is 2. The van der Waals surface area contributed by atoms with E-state index >= 15 is 0 Å². The molecule has 2 aromatic carbocycles. The Labute approximate surface area is 185 Å². The Morgan fingerprint density at radius 3 is 1.93 bits per heavy atom. The van der Waals surface area contributed by atoms with Crippen LogP contribution in [0.4, 0.5) is 0 Å². The molecule has 5 nitrogen and oxygen atoms in total. The molecule has 0 fully saturated rings. The van der Waals surface area contributed by atoms with Gasteiger partial charge in [-0.3, -0.25) is 9.59 Å². The van der Waals surface area contributed by atoms with E-state index in [1.165, 1.54) is 0 Å². The first-order chi connectivity index (χ1) is 12.8. The van der Waals surface area contributed by atoms with Gasteiger partial charge in [0, 0.05) is 10.0 Å². The molecule has 0 radical (unpaired) electrons. The van der Waals surface area contributed by atoms with E-state index < -0.39 is 11.8 Å². The van der Waals surface area contributed by atoms with E-state index in [2.05, 4.69) is 61.7 Å². The molecule has 8 heteroatoms. The van der Waals surface area contributed by atoms with Crippen molar-refractivity contribution >= 4 is 42.0 Å². The number of hydrogen-bond acceptors (Lipinski definition) is 3. The van der Waals surface area contributed by atoms with Crippen molar-refractivity contribution in [3.63, 3.8) is 0 Å². The van der Waals surface area contributed by atoms with Crippen LogP contribution in [0.25, 0.3) is 0 Å². The van der Waals surface area contributed by atoms with E-state index in [0.717, 1.165) is 17.4 Å². The average Bonchev–Trinajstić information content (AvgIpc) is 2.65. The summed E-state index contributed by atoms with van der Waals surface area (Å²) in [5.41, 5.74) is 11.0. The van der Waals surface area contributed by atoms with Gasteiger partial charge in [-0.15, -0.1) is 0 Å². The van der Waals surface area contributed by atoms with Crippen molar-refractivity contribution in [3.8, 4) is 0 Å². The summed E-state index contributed by atoms with van der Waals surface area (Å²) in [5.74, 6) is -0.812. The second-order valence-corrected chi connectivity index (χ2v) is 6.10. The molecule has 0 atom stereocenters. The number of nitrogens with two attached hydrogens (primary N) is 2. The Balaban J connectivity index is 0. The van der Waals surface area contributed by atoms with E-state index in [9.17, 15) is 9.59 Å². The summed E-state index contributed by atoms with van der Waals surface area (Å²) in [6, 6.07) is 16.4. The van der Waals surface area contributed by atoms with Gasteiger partial charge in [-0.25, -0.2) is 0 Å². The normalized spacial score (nSPS) is 8.89. The zero-order valence-electron chi connectivity index (χ0n) is 15.2. The minimum absolute atomic E-state index is 0.402. The molecule has 153 valence electrons. The molecule has 0 saturated carbocycles. The third-order valence-electron chi connectivity index (χ3n) is 2.71. The predicted molar refractivity (Wildman–Crippen MR) is 114 cm³/mol. The Morgan fingerprint density at radius 1 is 1.11 bits per heavy atom. The van der Waals surface area contributed by atoms with E-state index in [4.69, 9.17) is 11.5 Å². The van der Waals surface area contributed by atoms with Crippen molar-refractivity contribution < 1.29 is 23.3 Å². The van der Waals surface area contributed by atoms with Gasteiger partial charge in [0.1, 0.15) is 0 Å². The fraction of sp³-hybridized carbons (Fsp3) is 0.211. The summed E-state index contributed by atoms with van der Waals surface area (Å²) in [6.45, 7) is 4.78. The van der Waals surface area contributed by atoms with Gasteiger partial charge < -0.3 is 23.3 Å². The van der Waals surface area contributed by atoms with Crippen molar-refractivity contribution in [1.82, 2.24) is 4.90 Å². The van der Waals surface area contributed by atoms with Crippen LogP contribution >= 0.6 is 30.2 Å². The van der Waals surface area contributed by atoms with Crippen molar-refractivity contribution in [2.24, 2.45) is 11.5 Å². The topological polar surface area (TPSA) is 89.4 Å². The molecule has 0 unspecified atom stereocenters. The quantitative estimate of drug-likeness (QED) is 0.454. The second kappa shape index (κ2) is 18.2. The molecule has 0 aromatic heterocycles. The van der Waals surface area contributed by atoms with Crippen molar-refractivity contribution in [1.29, 1.82) is 0 Å². The Bertz CT molecular complexity index is 656. The van der Waals surface area contributed by atoms with Gasteiger partial charge in [-0.2, -0.15) is 36.8 Å². The predicted octanol–water partition coefficient (Wildman–Crippen LogP) is 3.75. The molecule has 0 saturated heterocycles. The Morgan fingerprint density at radius 2 is 1.67 bits per heavy atom. The Kier molecular flexibility index (Phi) is 18.8. The SMILES string of the molecule is NC(=O)c1c[c-]ccc1.NC(=O)c1cccc(Br)c1.[CH2-]CCN(C)C.[Ni][Br]. The van der Waals surface area contributed by atoms with Gasteiger partial charge in [0.15, 0.2) is 5.91 Å². The summed E-state index contributed by atoms with van der Waals surface area (Å²) in [4.78, 5) is 23.1. The van der Waals surface area contributed by atoms with Crippen LogP contribution in [0.2, 0.25) is 0 Å². The summed E-state index contributed by atoms with van der Waals surface area (Å²) in [7, 11) is 4.09. The zero-order chi connectivity index (χ0) is 21.2. The zero-order valence-corrected chi connectivity index (χ0v) is 19.4. The number of nitrogens with zero attached hydrogens (tertiary/aromatic N) is 1.